The van der Waals surface area contributed by atoms with E-state index in [9.17, 15) is 4.79 Å². The molecular formula is C17H18OS. The molecule has 0 atom stereocenters. The first-order valence-corrected chi connectivity index (χ1v) is 7.35. The second-order valence-corrected chi connectivity index (χ2v) is 5.79. The van der Waals surface area contributed by atoms with E-state index < -0.39 is 0 Å². The second-order valence-electron chi connectivity index (χ2n) is 4.74. The summed E-state index contributed by atoms with van der Waals surface area (Å²) in [7, 11) is 0. The van der Waals surface area contributed by atoms with Crippen molar-refractivity contribution in [1.29, 1.82) is 0 Å². The maximum absolute atomic E-state index is 11.2. The van der Waals surface area contributed by atoms with Crippen molar-refractivity contribution in [3.8, 4) is 0 Å². The summed E-state index contributed by atoms with van der Waals surface area (Å²) in [5.74, 6) is 1.09. The standard InChI is InChI=1S/C17H18OS/c1-12-5-4-6-13(2)17(12)11-19-16-9-7-15(8-10-16)14(3)18/h4-10H,11H2,1-3H3. The van der Waals surface area contributed by atoms with Gasteiger partial charge in [-0.2, -0.15) is 0 Å². The van der Waals surface area contributed by atoms with Gasteiger partial charge in [-0.3, -0.25) is 4.79 Å². The number of aryl methyl sites for hydroxylation is 2. The molecule has 98 valence electrons. The van der Waals surface area contributed by atoms with E-state index in [1.807, 2.05) is 36.0 Å². The summed E-state index contributed by atoms with van der Waals surface area (Å²) in [6.45, 7) is 5.91. The van der Waals surface area contributed by atoms with Crippen LogP contribution in [-0.4, -0.2) is 5.78 Å². The number of Topliss-reactive ketones (excluding diaryl/α,β-unsaturated/α-hetero) is 1. The van der Waals surface area contributed by atoms with Crippen LogP contribution in [-0.2, 0) is 5.75 Å². The molecule has 0 radical (unpaired) electrons. The minimum atomic E-state index is 0.117. The SMILES string of the molecule is CC(=O)c1ccc(SCc2c(C)cccc2C)cc1. The largest absolute Gasteiger partial charge is 0.295 e. The van der Waals surface area contributed by atoms with Crippen molar-refractivity contribution in [1.82, 2.24) is 0 Å². The number of rotatable bonds is 4. The first-order chi connectivity index (χ1) is 9.08. The fraction of sp³-hybridized carbons (Fsp3) is 0.235. The molecule has 0 N–H and O–H groups in total. The molecule has 1 nitrogen and oxygen atoms in total. The molecule has 0 aromatic heterocycles. The number of carbonyl (C=O) groups excluding carboxylic acids is 1. The van der Waals surface area contributed by atoms with Crippen LogP contribution in [0.2, 0.25) is 0 Å². The van der Waals surface area contributed by atoms with Gasteiger partial charge in [0.05, 0.1) is 0 Å². The second kappa shape index (κ2) is 6.07. The third kappa shape index (κ3) is 3.48. The van der Waals surface area contributed by atoms with Crippen LogP contribution in [0.4, 0.5) is 0 Å². The fourth-order valence-corrected chi connectivity index (χ4v) is 3.11. The zero-order valence-corrected chi connectivity index (χ0v) is 12.4. The van der Waals surface area contributed by atoms with E-state index in [0.29, 0.717) is 0 Å². The first kappa shape index (κ1) is 13.9. The molecule has 0 aliphatic carbocycles. The Morgan fingerprint density at radius 2 is 1.58 bits per heavy atom. The smallest absolute Gasteiger partial charge is 0.159 e. The quantitative estimate of drug-likeness (QED) is 0.586. The third-order valence-corrected chi connectivity index (χ3v) is 4.33. The average Bonchev–Trinajstić information content (AvgIpc) is 2.38. The van der Waals surface area contributed by atoms with E-state index in [0.717, 1.165) is 11.3 Å². The van der Waals surface area contributed by atoms with E-state index >= 15 is 0 Å². The Balaban J connectivity index is 2.08. The number of carbonyl (C=O) groups is 1. The Morgan fingerprint density at radius 3 is 2.11 bits per heavy atom. The number of hydrogen-bond donors (Lipinski definition) is 0. The number of benzene rings is 2. The Kier molecular flexibility index (Phi) is 4.43. The maximum Gasteiger partial charge on any atom is 0.159 e. The third-order valence-electron chi connectivity index (χ3n) is 3.29. The van der Waals surface area contributed by atoms with E-state index in [-0.39, 0.29) is 5.78 Å². The summed E-state index contributed by atoms with van der Waals surface area (Å²) in [6, 6.07) is 14.2. The van der Waals surface area contributed by atoms with Crippen LogP contribution in [0.5, 0.6) is 0 Å². The van der Waals surface area contributed by atoms with Crippen LogP contribution in [0.3, 0.4) is 0 Å². The van der Waals surface area contributed by atoms with Crippen LogP contribution in [0.25, 0.3) is 0 Å². The lowest BCUT2D eigenvalue weighted by molar-refractivity contribution is 0.101. The Bertz CT molecular complexity index is 564. The molecule has 2 aromatic rings. The lowest BCUT2D eigenvalue weighted by atomic mass is 10.1. The molecule has 0 saturated carbocycles. The molecule has 0 spiro atoms. The summed E-state index contributed by atoms with van der Waals surface area (Å²) in [4.78, 5) is 12.4. The van der Waals surface area contributed by atoms with E-state index in [1.165, 1.54) is 21.6 Å². The molecule has 19 heavy (non-hydrogen) atoms. The fourth-order valence-electron chi connectivity index (χ4n) is 2.02. The van der Waals surface area contributed by atoms with Gasteiger partial charge in [-0.25, -0.2) is 0 Å². The highest BCUT2D eigenvalue weighted by atomic mass is 32.2. The van der Waals surface area contributed by atoms with Crippen LogP contribution in [0, 0.1) is 13.8 Å². The molecule has 0 unspecified atom stereocenters. The van der Waals surface area contributed by atoms with Crippen LogP contribution < -0.4 is 0 Å². The van der Waals surface area contributed by atoms with Gasteiger partial charge in [0, 0.05) is 16.2 Å². The molecule has 0 fully saturated rings. The molecule has 0 bridgehead atoms. The summed E-state index contributed by atoms with van der Waals surface area (Å²) < 4.78 is 0. The molecule has 2 rings (SSSR count). The minimum Gasteiger partial charge on any atom is -0.295 e. The predicted octanol–water partition coefficient (Wildman–Crippen LogP) is 4.80. The number of hydrogen-bond acceptors (Lipinski definition) is 2. The summed E-state index contributed by atoms with van der Waals surface area (Å²) in [5.41, 5.74) is 4.86. The lowest BCUT2D eigenvalue weighted by Crippen LogP contribution is -1.92. The highest BCUT2D eigenvalue weighted by Gasteiger charge is 2.04. The van der Waals surface area contributed by atoms with E-state index in [2.05, 4.69) is 32.0 Å². The number of thioether (sulfide) groups is 1. The highest BCUT2D eigenvalue weighted by Crippen LogP contribution is 2.26. The Hall–Kier alpha value is -1.54. The van der Waals surface area contributed by atoms with Crippen molar-refractivity contribution < 1.29 is 4.79 Å². The molecule has 0 aliphatic heterocycles. The zero-order chi connectivity index (χ0) is 13.8. The molecular weight excluding hydrogens is 252 g/mol. The topological polar surface area (TPSA) is 17.1 Å². The lowest BCUT2D eigenvalue weighted by Gasteiger charge is -2.09. The number of ketones is 1. The molecule has 0 heterocycles. The van der Waals surface area contributed by atoms with Crippen molar-refractivity contribution in [2.45, 2.75) is 31.4 Å². The van der Waals surface area contributed by atoms with Crippen molar-refractivity contribution >= 4 is 17.5 Å². The van der Waals surface area contributed by atoms with Gasteiger partial charge in [0.2, 0.25) is 0 Å². The highest BCUT2D eigenvalue weighted by molar-refractivity contribution is 7.98. The van der Waals surface area contributed by atoms with Gasteiger partial charge >= 0.3 is 0 Å². The Morgan fingerprint density at radius 1 is 1.00 bits per heavy atom. The predicted molar refractivity (Wildman–Crippen MR) is 81.9 cm³/mol. The monoisotopic (exact) mass is 270 g/mol. The first-order valence-electron chi connectivity index (χ1n) is 6.37. The van der Waals surface area contributed by atoms with Crippen LogP contribution >= 0.6 is 11.8 Å². The van der Waals surface area contributed by atoms with Gasteiger partial charge in [-0.05, 0) is 49.6 Å². The average molecular weight is 270 g/mol. The van der Waals surface area contributed by atoms with Gasteiger partial charge in [0.15, 0.2) is 5.78 Å². The van der Waals surface area contributed by atoms with Crippen molar-refractivity contribution in [2.24, 2.45) is 0 Å². The normalized spacial score (nSPS) is 10.5. The maximum atomic E-state index is 11.2. The van der Waals surface area contributed by atoms with Gasteiger partial charge in [0.1, 0.15) is 0 Å². The molecule has 2 aromatic carbocycles. The minimum absolute atomic E-state index is 0.117. The van der Waals surface area contributed by atoms with Crippen LogP contribution in [0.1, 0.15) is 34.0 Å². The van der Waals surface area contributed by atoms with E-state index in [4.69, 9.17) is 0 Å². The van der Waals surface area contributed by atoms with E-state index in [1.54, 1.807) is 6.92 Å². The summed E-state index contributed by atoms with van der Waals surface area (Å²) in [6.07, 6.45) is 0. The molecule has 2 heteroatoms. The molecule has 0 amide bonds. The van der Waals surface area contributed by atoms with Crippen molar-refractivity contribution in [3.63, 3.8) is 0 Å². The van der Waals surface area contributed by atoms with Crippen LogP contribution in [0.15, 0.2) is 47.4 Å². The summed E-state index contributed by atoms with van der Waals surface area (Å²) in [5, 5.41) is 0. The molecule has 0 saturated heterocycles. The van der Waals surface area contributed by atoms with Gasteiger partial charge in [-0.15, -0.1) is 11.8 Å². The van der Waals surface area contributed by atoms with Gasteiger partial charge < -0.3 is 0 Å². The molecule has 0 aliphatic rings. The van der Waals surface area contributed by atoms with Crippen molar-refractivity contribution in [2.75, 3.05) is 0 Å². The Labute approximate surface area is 119 Å². The zero-order valence-electron chi connectivity index (χ0n) is 11.6. The van der Waals surface area contributed by atoms with Crippen molar-refractivity contribution in [3.05, 3.63) is 64.7 Å². The van der Waals surface area contributed by atoms with Gasteiger partial charge in [-0.1, -0.05) is 30.3 Å². The van der Waals surface area contributed by atoms with Gasteiger partial charge in [0.25, 0.3) is 0 Å². The summed E-state index contributed by atoms with van der Waals surface area (Å²) >= 11 is 1.81.